The second kappa shape index (κ2) is 8.03. The fraction of sp³-hybridized carbons (Fsp3) is 0.250. The number of pyridine rings is 1. The first-order valence-corrected chi connectivity index (χ1v) is 8.22. The van der Waals surface area contributed by atoms with Crippen molar-refractivity contribution in [3.05, 3.63) is 49.3 Å². The van der Waals surface area contributed by atoms with Gasteiger partial charge >= 0.3 is 0 Å². The molecule has 2 aromatic rings. The first-order valence-electron chi connectivity index (χ1n) is 7.14. The minimum Gasteiger partial charge on any atom is -0.493 e. The number of nitriles is 1. The predicted molar refractivity (Wildman–Crippen MR) is 96.9 cm³/mol. The Morgan fingerprint density at radius 1 is 1.33 bits per heavy atom. The summed E-state index contributed by atoms with van der Waals surface area (Å²) in [5.74, 6) is -0.415. The quantitative estimate of drug-likeness (QED) is 0.552. The molecule has 8 heteroatoms. The SMILES string of the molecule is Cc1c(C#N)c(O)n(CCCO)c(=O)c1N=Nc1ccccc1I. The van der Waals surface area contributed by atoms with Gasteiger partial charge in [0.2, 0.25) is 5.88 Å². The minimum atomic E-state index is -0.549. The van der Waals surface area contributed by atoms with Crippen molar-refractivity contribution >= 4 is 34.0 Å². The number of aromatic nitrogens is 1. The summed E-state index contributed by atoms with van der Waals surface area (Å²) in [6, 6.07) is 9.17. The van der Waals surface area contributed by atoms with Gasteiger partial charge in [0.05, 0.1) is 5.69 Å². The molecule has 0 radical (unpaired) electrons. The highest BCUT2D eigenvalue weighted by Crippen LogP contribution is 2.28. The minimum absolute atomic E-state index is 0.00180. The summed E-state index contributed by atoms with van der Waals surface area (Å²) in [5, 5.41) is 36.4. The lowest BCUT2D eigenvalue weighted by Crippen LogP contribution is -2.22. The van der Waals surface area contributed by atoms with E-state index < -0.39 is 11.4 Å². The van der Waals surface area contributed by atoms with E-state index in [1.54, 1.807) is 19.1 Å². The maximum absolute atomic E-state index is 12.5. The summed E-state index contributed by atoms with van der Waals surface area (Å²) in [6.45, 7) is 1.49. The van der Waals surface area contributed by atoms with Crippen molar-refractivity contribution in [2.75, 3.05) is 6.61 Å². The van der Waals surface area contributed by atoms with Crippen LogP contribution in [0.4, 0.5) is 11.4 Å². The molecular weight excluding hydrogens is 423 g/mol. The van der Waals surface area contributed by atoms with E-state index in [1.165, 1.54) is 0 Å². The van der Waals surface area contributed by atoms with Crippen LogP contribution in [0.5, 0.6) is 5.88 Å². The molecule has 0 saturated carbocycles. The molecule has 1 aromatic carbocycles. The molecule has 24 heavy (non-hydrogen) atoms. The second-order valence-electron chi connectivity index (χ2n) is 4.97. The number of benzene rings is 1. The second-order valence-corrected chi connectivity index (χ2v) is 6.13. The lowest BCUT2D eigenvalue weighted by molar-refractivity contribution is 0.274. The monoisotopic (exact) mass is 438 g/mol. The van der Waals surface area contributed by atoms with Crippen LogP contribution < -0.4 is 5.56 Å². The standard InChI is InChI=1S/C16H15IN4O3/c1-10-11(9-18)15(23)21(7-4-8-22)16(24)14(10)20-19-13-6-3-2-5-12(13)17/h2-3,5-6,22-23H,4,7-8H2,1H3. The first kappa shape index (κ1) is 18.1. The molecule has 0 aliphatic carbocycles. The lowest BCUT2D eigenvalue weighted by Gasteiger charge is -2.12. The molecule has 2 N–H and O–H groups in total. The highest BCUT2D eigenvalue weighted by atomic mass is 127. The van der Waals surface area contributed by atoms with Crippen LogP contribution in [0.1, 0.15) is 17.5 Å². The Morgan fingerprint density at radius 2 is 2.04 bits per heavy atom. The fourth-order valence-electron chi connectivity index (χ4n) is 2.13. The van der Waals surface area contributed by atoms with Crippen LogP contribution in [0, 0.1) is 21.8 Å². The summed E-state index contributed by atoms with van der Waals surface area (Å²) >= 11 is 2.11. The zero-order chi connectivity index (χ0) is 17.7. The van der Waals surface area contributed by atoms with Crippen LogP contribution in [0.3, 0.4) is 0 Å². The van der Waals surface area contributed by atoms with Gasteiger partial charge in [0, 0.05) is 22.3 Å². The first-order chi connectivity index (χ1) is 11.5. The third-order valence-corrected chi connectivity index (χ3v) is 4.33. The summed E-state index contributed by atoms with van der Waals surface area (Å²) in [7, 11) is 0. The van der Waals surface area contributed by atoms with Gasteiger partial charge in [-0.25, -0.2) is 0 Å². The normalized spacial score (nSPS) is 10.9. The van der Waals surface area contributed by atoms with Crippen LogP contribution in [0.25, 0.3) is 0 Å². The van der Waals surface area contributed by atoms with Gasteiger partial charge in [-0.3, -0.25) is 9.36 Å². The molecular formula is C16H15IN4O3. The number of aliphatic hydroxyl groups is 1. The smallest absolute Gasteiger partial charge is 0.281 e. The Hall–Kier alpha value is -2.25. The zero-order valence-electron chi connectivity index (χ0n) is 12.9. The van der Waals surface area contributed by atoms with E-state index in [4.69, 9.17) is 5.11 Å². The molecule has 7 nitrogen and oxygen atoms in total. The molecule has 0 fully saturated rings. The molecule has 124 valence electrons. The fourth-order valence-corrected chi connectivity index (χ4v) is 2.63. The number of azo groups is 1. The van der Waals surface area contributed by atoms with Gasteiger partial charge in [-0.1, -0.05) is 12.1 Å². The van der Waals surface area contributed by atoms with Gasteiger partial charge in [0.15, 0.2) is 5.69 Å². The number of nitrogens with zero attached hydrogens (tertiary/aromatic N) is 4. The Kier molecular flexibility index (Phi) is 6.05. The summed E-state index contributed by atoms with van der Waals surface area (Å²) in [5.41, 5.74) is 0.304. The van der Waals surface area contributed by atoms with Gasteiger partial charge in [0.25, 0.3) is 5.56 Å². The van der Waals surface area contributed by atoms with E-state index in [9.17, 15) is 15.2 Å². The number of hydrogen-bond acceptors (Lipinski definition) is 6. The molecule has 2 rings (SSSR count). The highest BCUT2D eigenvalue weighted by Gasteiger charge is 2.18. The molecule has 0 bridgehead atoms. The van der Waals surface area contributed by atoms with E-state index in [0.717, 1.165) is 8.14 Å². The maximum atomic E-state index is 12.5. The highest BCUT2D eigenvalue weighted by molar-refractivity contribution is 14.1. The summed E-state index contributed by atoms with van der Waals surface area (Å²) in [4.78, 5) is 12.5. The number of halogens is 1. The summed E-state index contributed by atoms with van der Waals surface area (Å²) < 4.78 is 1.91. The van der Waals surface area contributed by atoms with Crippen LogP contribution in [-0.4, -0.2) is 21.4 Å². The average molecular weight is 438 g/mol. The molecule has 0 aliphatic heterocycles. The molecule has 0 aliphatic rings. The lowest BCUT2D eigenvalue weighted by atomic mass is 10.1. The van der Waals surface area contributed by atoms with Gasteiger partial charge in [-0.05, 0) is 48.1 Å². The molecule has 0 atom stereocenters. The van der Waals surface area contributed by atoms with Crippen molar-refractivity contribution in [1.29, 1.82) is 5.26 Å². The van der Waals surface area contributed by atoms with Crippen LogP contribution in [-0.2, 0) is 6.54 Å². The number of rotatable bonds is 5. The van der Waals surface area contributed by atoms with E-state index in [0.29, 0.717) is 5.69 Å². The molecule has 0 amide bonds. The average Bonchev–Trinajstić information content (AvgIpc) is 2.56. The Balaban J connectivity index is 2.59. The zero-order valence-corrected chi connectivity index (χ0v) is 15.1. The number of aliphatic hydroxyl groups excluding tert-OH is 1. The van der Waals surface area contributed by atoms with Crippen LogP contribution in [0.2, 0.25) is 0 Å². The van der Waals surface area contributed by atoms with Gasteiger partial charge < -0.3 is 10.2 Å². The van der Waals surface area contributed by atoms with E-state index in [-0.39, 0.29) is 36.4 Å². The molecule has 0 spiro atoms. The third-order valence-electron chi connectivity index (χ3n) is 3.42. The third kappa shape index (κ3) is 3.63. The van der Waals surface area contributed by atoms with Gasteiger partial charge in [-0.2, -0.15) is 5.26 Å². The van der Waals surface area contributed by atoms with E-state index in [2.05, 4.69) is 32.8 Å². The largest absolute Gasteiger partial charge is 0.493 e. The van der Waals surface area contributed by atoms with Crippen LogP contribution >= 0.6 is 22.6 Å². The topological polar surface area (TPSA) is 111 Å². The van der Waals surface area contributed by atoms with Crippen molar-refractivity contribution in [1.82, 2.24) is 4.57 Å². The van der Waals surface area contributed by atoms with Crippen molar-refractivity contribution < 1.29 is 10.2 Å². The number of hydrogen-bond donors (Lipinski definition) is 2. The van der Waals surface area contributed by atoms with Crippen molar-refractivity contribution in [3.63, 3.8) is 0 Å². The summed E-state index contributed by atoms with van der Waals surface area (Å²) in [6.07, 6.45) is 0.272. The van der Waals surface area contributed by atoms with Crippen molar-refractivity contribution in [3.8, 4) is 11.9 Å². The Labute approximate surface area is 152 Å². The van der Waals surface area contributed by atoms with E-state index in [1.807, 2.05) is 18.2 Å². The van der Waals surface area contributed by atoms with Crippen molar-refractivity contribution in [2.45, 2.75) is 19.9 Å². The Bertz CT molecular complexity index is 884. The van der Waals surface area contributed by atoms with Crippen LogP contribution in [0.15, 0.2) is 39.3 Å². The molecule has 0 unspecified atom stereocenters. The van der Waals surface area contributed by atoms with Crippen molar-refractivity contribution in [2.24, 2.45) is 10.2 Å². The van der Waals surface area contributed by atoms with Gasteiger partial charge in [-0.15, -0.1) is 10.2 Å². The molecule has 0 saturated heterocycles. The Morgan fingerprint density at radius 3 is 2.67 bits per heavy atom. The maximum Gasteiger partial charge on any atom is 0.281 e. The molecule has 1 aromatic heterocycles. The molecule has 1 heterocycles. The predicted octanol–water partition coefficient (Wildman–Crippen LogP) is 3.14. The van der Waals surface area contributed by atoms with Gasteiger partial charge in [0.1, 0.15) is 11.6 Å². The number of aromatic hydroxyl groups is 1. The van der Waals surface area contributed by atoms with E-state index >= 15 is 0 Å².